The number of amides is 4. The van der Waals surface area contributed by atoms with Crippen molar-refractivity contribution < 1.29 is 14.4 Å². The molecular weight excluding hydrogens is 510 g/mol. The SMILES string of the molecule is CCC(C)NC(=O)CN1CN(c2ccccc2)C2(CCN(C(=O)Nc3cccc(Br)c3)CC2)C1=O. The van der Waals surface area contributed by atoms with Crippen LogP contribution in [0.1, 0.15) is 33.1 Å². The highest BCUT2D eigenvalue weighted by Gasteiger charge is 2.54. The lowest BCUT2D eigenvalue weighted by atomic mass is 9.85. The Morgan fingerprint density at radius 3 is 2.46 bits per heavy atom. The van der Waals surface area contributed by atoms with Crippen LogP contribution in [0.5, 0.6) is 0 Å². The van der Waals surface area contributed by atoms with Gasteiger partial charge in [0, 0.05) is 35.0 Å². The molecule has 4 amide bonds. The molecule has 0 aliphatic carbocycles. The molecule has 1 atom stereocenters. The zero-order valence-corrected chi connectivity index (χ0v) is 21.8. The number of hydrogen-bond donors (Lipinski definition) is 2. The van der Waals surface area contributed by atoms with Crippen LogP contribution in [-0.4, -0.2) is 65.5 Å². The first-order valence-electron chi connectivity index (χ1n) is 12.1. The van der Waals surface area contributed by atoms with Gasteiger partial charge in [0.25, 0.3) is 5.91 Å². The molecule has 35 heavy (non-hydrogen) atoms. The summed E-state index contributed by atoms with van der Waals surface area (Å²) in [5.41, 5.74) is 0.883. The van der Waals surface area contributed by atoms with Crippen molar-refractivity contribution >= 4 is 45.2 Å². The van der Waals surface area contributed by atoms with Crippen molar-refractivity contribution in [3.05, 3.63) is 59.1 Å². The molecule has 2 aliphatic rings. The first-order chi connectivity index (χ1) is 16.8. The molecule has 2 aromatic carbocycles. The molecule has 2 aliphatic heterocycles. The molecule has 1 unspecified atom stereocenters. The number of piperidine rings is 1. The number of anilines is 2. The highest BCUT2D eigenvalue weighted by atomic mass is 79.9. The highest BCUT2D eigenvalue weighted by Crippen LogP contribution is 2.39. The number of carbonyl (C=O) groups excluding carboxylic acids is 3. The lowest BCUT2D eigenvalue weighted by Crippen LogP contribution is -2.58. The van der Waals surface area contributed by atoms with Gasteiger partial charge in [-0.2, -0.15) is 0 Å². The highest BCUT2D eigenvalue weighted by molar-refractivity contribution is 9.10. The molecule has 0 bridgehead atoms. The molecule has 8 nitrogen and oxygen atoms in total. The quantitative estimate of drug-likeness (QED) is 0.578. The molecule has 9 heteroatoms. The standard InChI is InChI=1S/C26H32BrN5O3/c1-3-19(2)28-23(33)17-31-18-32(22-10-5-4-6-11-22)26(24(31)34)12-14-30(15-13-26)25(35)29-21-9-7-8-20(27)16-21/h4-11,16,19H,3,12-15,17-18H2,1-2H3,(H,28,33)(H,29,35). The summed E-state index contributed by atoms with van der Waals surface area (Å²) in [4.78, 5) is 44.7. The van der Waals surface area contributed by atoms with Crippen LogP contribution in [0.3, 0.4) is 0 Å². The first kappa shape index (κ1) is 25.0. The fourth-order valence-electron chi connectivity index (χ4n) is 4.77. The fraction of sp³-hybridized carbons (Fsp3) is 0.423. The van der Waals surface area contributed by atoms with Gasteiger partial charge in [0.05, 0.1) is 6.67 Å². The maximum absolute atomic E-state index is 13.7. The van der Waals surface area contributed by atoms with Gasteiger partial charge in [-0.15, -0.1) is 0 Å². The van der Waals surface area contributed by atoms with E-state index in [4.69, 9.17) is 0 Å². The summed E-state index contributed by atoms with van der Waals surface area (Å²) in [5.74, 6) is -0.198. The lowest BCUT2D eigenvalue weighted by Gasteiger charge is -2.43. The first-order valence-corrected chi connectivity index (χ1v) is 12.8. The predicted molar refractivity (Wildman–Crippen MR) is 140 cm³/mol. The van der Waals surface area contributed by atoms with Gasteiger partial charge in [-0.1, -0.05) is 47.1 Å². The number of rotatable bonds is 6. The average Bonchev–Trinajstić information content (AvgIpc) is 3.11. The second-order valence-electron chi connectivity index (χ2n) is 9.24. The largest absolute Gasteiger partial charge is 0.352 e. The van der Waals surface area contributed by atoms with Crippen molar-refractivity contribution in [2.45, 2.75) is 44.7 Å². The van der Waals surface area contributed by atoms with E-state index in [-0.39, 0.29) is 30.4 Å². The summed E-state index contributed by atoms with van der Waals surface area (Å²) in [7, 11) is 0. The Labute approximate surface area is 214 Å². The van der Waals surface area contributed by atoms with Gasteiger partial charge in [-0.05, 0) is 56.5 Å². The van der Waals surface area contributed by atoms with Crippen LogP contribution in [0.2, 0.25) is 0 Å². The molecular formula is C26H32BrN5O3. The van der Waals surface area contributed by atoms with E-state index >= 15 is 0 Å². The number of para-hydroxylation sites is 1. The Morgan fingerprint density at radius 1 is 1.09 bits per heavy atom. The smallest absolute Gasteiger partial charge is 0.321 e. The minimum atomic E-state index is -0.773. The normalized spacial score (nSPS) is 18.0. The van der Waals surface area contributed by atoms with E-state index in [9.17, 15) is 14.4 Å². The Morgan fingerprint density at radius 2 is 1.80 bits per heavy atom. The number of carbonyl (C=O) groups is 3. The van der Waals surface area contributed by atoms with E-state index in [1.807, 2.05) is 68.4 Å². The third-order valence-electron chi connectivity index (χ3n) is 6.89. The van der Waals surface area contributed by atoms with Gasteiger partial charge in [-0.3, -0.25) is 9.59 Å². The summed E-state index contributed by atoms with van der Waals surface area (Å²) >= 11 is 3.42. The van der Waals surface area contributed by atoms with Gasteiger partial charge in [0.15, 0.2) is 0 Å². The number of likely N-dealkylation sites (tertiary alicyclic amines) is 1. The maximum atomic E-state index is 13.7. The summed E-state index contributed by atoms with van der Waals surface area (Å²) in [6.45, 7) is 5.24. The number of halogens is 1. The number of urea groups is 1. The van der Waals surface area contributed by atoms with Gasteiger partial charge in [0.2, 0.25) is 5.91 Å². The number of nitrogens with zero attached hydrogens (tertiary/aromatic N) is 3. The molecule has 1 spiro atoms. The third-order valence-corrected chi connectivity index (χ3v) is 7.38. The minimum absolute atomic E-state index is 0.0291. The van der Waals surface area contributed by atoms with E-state index in [2.05, 4.69) is 31.5 Å². The van der Waals surface area contributed by atoms with Crippen molar-refractivity contribution in [3.8, 4) is 0 Å². The molecule has 2 aromatic rings. The second kappa shape index (κ2) is 10.7. The van der Waals surface area contributed by atoms with Crippen molar-refractivity contribution in [3.63, 3.8) is 0 Å². The second-order valence-corrected chi connectivity index (χ2v) is 10.2. The molecule has 2 saturated heterocycles. The van der Waals surface area contributed by atoms with E-state index < -0.39 is 5.54 Å². The average molecular weight is 542 g/mol. The molecule has 186 valence electrons. The molecule has 2 fully saturated rings. The summed E-state index contributed by atoms with van der Waals surface area (Å²) < 4.78 is 0.889. The van der Waals surface area contributed by atoms with E-state index in [1.54, 1.807) is 9.80 Å². The third kappa shape index (κ3) is 5.45. The fourth-order valence-corrected chi connectivity index (χ4v) is 5.17. The van der Waals surface area contributed by atoms with Crippen LogP contribution in [0, 0.1) is 0 Å². The van der Waals surface area contributed by atoms with Crippen molar-refractivity contribution in [1.82, 2.24) is 15.1 Å². The van der Waals surface area contributed by atoms with E-state index in [0.717, 1.165) is 16.6 Å². The molecule has 2 N–H and O–H groups in total. The predicted octanol–water partition coefficient (Wildman–Crippen LogP) is 4.04. The molecule has 4 rings (SSSR count). The zero-order chi connectivity index (χ0) is 25.0. The Kier molecular flexibility index (Phi) is 7.64. The summed E-state index contributed by atoms with van der Waals surface area (Å²) in [6.07, 6.45) is 1.82. The Hall–Kier alpha value is -3.07. The monoisotopic (exact) mass is 541 g/mol. The lowest BCUT2D eigenvalue weighted by molar-refractivity contribution is -0.137. The van der Waals surface area contributed by atoms with Crippen LogP contribution < -0.4 is 15.5 Å². The van der Waals surface area contributed by atoms with Crippen LogP contribution in [-0.2, 0) is 9.59 Å². The van der Waals surface area contributed by atoms with E-state index in [0.29, 0.717) is 38.3 Å². The van der Waals surface area contributed by atoms with Gasteiger partial charge in [-0.25, -0.2) is 4.79 Å². The summed E-state index contributed by atoms with van der Waals surface area (Å²) in [5, 5.41) is 5.90. The van der Waals surface area contributed by atoms with Gasteiger partial charge in [0.1, 0.15) is 12.1 Å². The minimum Gasteiger partial charge on any atom is -0.352 e. The maximum Gasteiger partial charge on any atom is 0.321 e. The van der Waals surface area contributed by atoms with Crippen molar-refractivity contribution in [1.29, 1.82) is 0 Å². The van der Waals surface area contributed by atoms with Crippen molar-refractivity contribution in [2.75, 3.05) is 36.5 Å². The molecule has 0 radical (unpaired) electrons. The number of benzene rings is 2. The molecule has 0 aromatic heterocycles. The summed E-state index contributed by atoms with van der Waals surface area (Å²) in [6, 6.07) is 17.2. The number of hydrogen-bond acceptors (Lipinski definition) is 4. The Balaban J connectivity index is 1.49. The zero-order valence-electron chi connectivity index (χ0n) is 20.2. The van der Waals surface area contributed by atoms with Gasteiger partial charge < -0.3 is 25.3 Å². The van der Waals surface area contributed by atoms with E-state index in [1.165, 1.54) is 0 Å². The topological polar surface area (TPSA) is 85.0 Å². The van der Waals surface area contributed by atoms with Gasteiger partial charge >= 0.3 is 6.03 Å². The molecule has 2 heterocycles. The van der Waals surface area contributed by atoms with Crippen molar-refractivity contribution in [2.24, 2.45) is 0 Å². The van der Waals surface area contributed by atoms with Crippen LogP contribution in [0.4, 0.5) is 16.2 Å². The number of nitrogens with one attached hydrogen (secondary N) is 2. The van der Waals surface area contributed by atoms with Crippen LogP contribution in [0.15, 0.2) is 59.1 Å². The van der Waals surface area contributed by atoms with Crippen LogP contribution in [0.25, 0.3) is 0 Å². The van der Waals surface area contributed by atoms with Crippen LogP contribution >= 0.6 is 15.9 Å². The Bertz CT molecular complexity index is 1070. The molecule has 0 saturated carbocycles.